The molecule has 1 unspecified atom stereocenters. The molecule has 0 aliphatic heterocycles. The smallest absolute Gasteiger partial charge is 0.129 e. The van der Waals surface area contributed by atoms with Crippen molar-refractivity contribution in [3.05, 3.63) is 52.6 Å². The summed E-state index contributed by atoms with van der Waals surface area (Å²) in [6.07, 6.45) is 1.84. The van der Waals surface area contributed by atoms with Gasteiger partial charge in [0.15, 0.2) is 0 Å². The number of rotatable bonds is 4. The number of hydrogen-bond donors (Lipinski definition) is 1. The van der Waals surface area contributed by atoms with E-state index in [0.29, 0.717) is 10.6 Å². The number of benzene rings is 1. The Hall–Kier alpha value is -1.39. The fraction of sp³-hybridized carbons (Fsp3) is 0.308. The van der Waals surface area contributed by atoms with E-state index < -0.39 is 0 Å². The lowest BCUT2D eigenvalue weighted by Crippen LogP contribution is -2.23. The van der Waals surface area contributed by atoms with E-state index in [9.17, 15) is 4.39 Å². The summed E-state index contributed by atoms with van der Waals surface area (Å²) in [6, 6.07) is 6.33. The van der Waals surface area contributed by atoms with Crippen LogP contribution in [-0.2, 0) is 7.05 Å². The van der Waals surface area contributed by atoms with E-state index in [2.05, 4.69) is 10.4 Å². The van der Waals surface area contributed by atoms with E-state index in [4.69, 9.17) is 11.6 Å². The number of aromatic nitrogens is 2. The zero-order valence-electron chi connectivity index (χ0n) is 10.3. The fourth-order valence-electron chi connectivity index (χ4n) is 1.90. The van der Waals surface area contributed by atoms with Crippen LogP contribution in [0.15, 0.2) is 30.5 Å². The summed E-state index contributed by atoms with van der Waals surface area (Å²) >= 11 is 5.77. The monoisotopic (exact) mass is 267 g/mol. The first-order valence-corrected chi connectivity index (χ1v) is 6.17. The highest BCUT2D eigenvalue weighted by Crippen LogP contribution is 2.25. The first-order chi connectivity index (χ1) is 8.61. The van der Waals surface area contributed by atoms with E-state index in [-0.39, 0.29) is 11.9 Å². The van der Waals surface area contributed by atoms with Gasteiger partial charge in [0.1, 0.15) is 5.82 Å². The molecule has 0 bridgehead atoms. The Morgan fingerprint density at radius 3 is 2.78 bits per heavy atom. The highest BCUT2D eigenvalue weighted by atomic mass is 35.5. The van der Waals surface area contributed by atoms with Crippen molar-refractivity contribution in [1.29, 1.82) is 0 Å². The number of hydrogen-bond acceptors (Lipinski definition) is 2. The molecule has 0 aliphatic carbocycles. The lowest BCUT2D eigenvalue weighted by molar-refractivity contribution is 0.546. The van der Waals surface area contributed by atoms with Crippen LogP contribution in [0.3, 0.4) is 0 Å². The van der Waals surface area contributed by atoms with Gasteiger partial charge in [0.2, 0.25) is 0 Å². The van der Waals surface area contributed by atoms with Crippen molar-refractivity contribution in [2.24, 2.45) is 7.05 Å². The van der Waals surface area contributed by atoms with Gasteiger partial charge in [0, 0.05) is 23.8 Å². The second-order valence-electron chi connectivity index (χ2n) is 4.07. The molecule has 2 aromatic rings. The van der Waals surface area contributed by atoms with Crippen LogP contribution in [-0.4, -0.2) is 16.3 Å². The second kappa shape index (κ2) is 5.50. The molecule has 96 valence electrons. The molecule has 5 heteroatoms. The first-order valence-electron chi connectivity index (χ1n) is 5.79. The lowest BCUT2D eigenvalue weighted by Gasteiger charge is -2.17. The molecule has 0 saturated carbocycles. The van der Waals surface area contributed by atoms with Gasteiger partial charge in [-0.3, -0.25) is 4.68 Å². The van der Waals surface area contributed by atoms with Gasteiger partial charge >= 0.3 is 0 Å². The van der Waals surface area contributed by atoms with Crippen LogP contribution in [0.5, 0.6) is 0 Å². The molecule has 0 saturated heterocycles. The average molecular weight is 268 g/mol. The van der Waals surface area contributed by atoms with E-state index in [1.165, 1.54) is 6.07 Å². The molecule has 0 amide bonds. The summed E-state index contributed by atoms with van der Waals surface area (Å²) in [6.45, 7) is 2.70. The standard InChI is InChI=1S/C13H15ClFN3/c1-3-16-13(12-6-7-18(2)17-12)10-5-4-9(14)8-11(10)15/h4-8,13,16H,3H2,1-2H3. The van der Waals surface area contributed by atoms with Gasteiger partial charge in [-0.1, -0.05) is 24.6 Å². The Morgan fingerprint density at radius 1 is 1.44 bits per heavy atom. The third kappa shape index (κ3) is 2.71. The summed E-state index contributed by atoms with van der Waals surface area (Å²) in [5.41, 5.74) is 1.35. The summed E-state index contributed by atoms with van der Waals surface area (Å²) in [5, 5.41) is 7.95. The molecule has 1 aromatic carbocycles. The van der Waals surface area contributed by atoms with Crippen molar-refractivity contribution in [2.45, 2.75) is 13.0 Å². The molecule has 1 atom stereocenters. The Bertz CT molecular complexity index is 539. The van der Waals surface area contributed by atoms with Crippen LogP contribution < -0.4 is 5.32 Å². The maximum Gasteiger partial charge on any atom is 0.129 e. The second-order valence-corrected chi connectivity index (χ2v) is 4.51. The Labute approximate surface area is 111 Å². The van der Waals surface area contributed by atoms with Crippen LogP contribution in [0.25, 0.3) is 0 Å². The van der Waals surface area contributed by atoms with Gasteiger partial charge in [-0.2, -0.15) is 5.10 Å². The van der Waals surface area contributed by atoms with Crippen LogP contribution in [0, 0.1) is 5.82 Å². The van der Waals surface area contributed by atoms with Gasteiger partial charge < -0.3 is 5.32 Å². The zero-order chi connectivity index (χ0) is 13.1. The molecule has 1 heterocycles. The van der Waals surface area contributed by atoms with Crippen LogP contribution in [0.1, 0.15) is 24.2 Å². The summed E-state index contributed by atoms with van der Waals surface area (Å²) in [4.78, 5) is 0. The third-order valence-electron chi connectivity index (χ3n) is 2.71. The van der Waals surface area contributed by atoms with Crippen LogP contribution >= 0.6 is 11.6 Å². The zero-order valence-corrected chi connectivity index (χ0v) is 11.1. The Morgan fingerprint density at radius 2 is 2.22 bits per heavy atom. The first kappa shape index (κ1) is 13.1. The van der Waals surface area contributed by atoms with Crippen molar-refractivity contribution in [3.63, 3.8) is 0 Å². The topological polar surface area (TPSA) is 29.9 Å². The maximum absolute atomic E-state index is 14.0. The van der Waals surface area contributed by atoms with Gasteiger partial charge in [-0.25, -0.2) is 4.39 Å². The number of nitrogens with one attached hydrogen (secondary N) is 1. The third-order valence-corrected chi connectivity index (χ3v) is 2.95. The van der Waals surface area contributed by atoms with Crippen LogP contribution in [0.2, 0.25) is 5.02 Å². The fourth-order valence-corrected chi connectivity index (χ4v) is 2.06. The molecule has 0 aliphatic rings. The normalized spacial score (nSPS) is 12.7. The highest BCUT2D eigenvalue weighted by molar-refractivity contribution is 6.30. The predicted octanol–water partition coefficient (Wildman–Crippen LogP) is 2.91. The number of halogens is 2. The molecule has 1 aromatic heterocycles. The molecular weight excluding hydrogens is 253 g/mol. The van der Waals surface area contributed by atoms with E-state index in [0.717, 1.165) is 12.2 Å². The molecule has 0 fully saturated rings. The van der Waals surface area contributed by atoms with Crippen molar-refractivity contribution >= 4 is 11.6 Å². The minimum absolute atomic E-state index is 0.256. The maximum atomic E-state index is 14.0. The SMILES string of the molecule is CCNC(c1ccn(C)n1)c1ccc(Cl)cc1F. The number of nitrogens with zero attached hydrogens (tertiary/aromatic N) is 2. The quantitative estimate of drug-likeness (QED) is 0.923. The molecule has 0 radical (unpaired) electrons. The summed E-state index contributed by atoms with van der Waals surface area (Å²) in [5.74, 6) is -0.320. The molecule has 2 rings (SSSR count). The van der Waals surface area contributed by atoms with E-state index >= 15 is 0 Å². The predicted molar refractivity (Wildman–Crippen MR) is 70.1 cm³/mol. The van der Waals surface area contributed by atoms with Crippen molar-refractivity contribution < 1.29 is 4.39 Å². The average Bonchev–Trinajstić information content (AvgIpc) is 2.73. The van der Waals surface area contributed by atoms with Gasteiger partial charge in [0.05, 0.1) is 11.7 Å². The Kier molecular flexibility index (Phi) is 3.99. The molecular formula is C13H15ClFN3. The van der Waals surface area contributed by atoms with E-state index in [1.807, 2.05) is 26.2 Å². The van der Waals surface area contributed by atoms with Crippen LogP contribution in [0.4, 0.5) is 4.39 Å². The molecule has 0 spiro atoms. The van der Waals surface area contributed by atoms with Gasteiger partial charge in [-0.15, -0.1) is 0 Å². The van der Waals surface area contributed by atoms with Gasteiger partial charge in [-0.05, 0) is 24.7 Å². The minimum atomic E-state index is -0.320. The van der Waals surface area contributed by atoms with E-state index in [1.54, 1.807) is 16.8 Å². The number of aryl methyl sites for hydroxylation is 1. The highest BCUT2D eigenvalue weighted by Gasteiger charge is 2.19. The lowest BCUT2D eigenvalue weighted by atomic mass is 10.0. The van der Waals surface area contributed by atoms with Crippen molar-refractivity contribution in [3.8, 4) is 0 Å². The Balaban J connectivity index is 2.41. The molecule has 18 heavy (non-hydrogen) atoms. The largest absolute Gasteiger partial charge is 0.305 e. The molecule has 1 N–H and O–H groups in total. The van der Waals surface area contributed by atoms with Crippen molar-refractivity contribution in [1.82, 2.24) is 15.1 Å². The van der Waals surface area contributed by atoms with Gasteiger partial charge in [0.25, 0.3) is 0 Å². The summed E-state index contributed by atoms with van der Waals surface area (Å²) in [7, 11) is 1.84. The van der Waals surface area contributed by atoms with Crippen molar-refractivity contribution in [2.75, 3.05) is 6.54 Å². The minimum Gasteiger partial charge on any atom is -0.305 e. The summed E-state index contributed by atoms with van der Waals surface area (Å²) < 4.78 is 15.7. The molecule has 3 nitrogen and oxygen atoms in total.